The highest BCUT2D eigenvalue weighted by Crippen LogP contribution is 2.46. The third kappa shape index (κ3) is 1.16. The van der Waals surface area contributed by atoms with Crippen LogP contribution in [0.3, 0.4) is 0 Å². The summed E-state index contributed by atoms with van der Waals surface area (Å²) in [6.07, 6.45) is 2.28. The molecule has 3 heteroatoms. The summed E-state index contributed by atoms with van der Waals surface area (Å²) in [7, 11) is 0. The Balaban J connectivity index is 1.99. The molecular weight excluding hydrogens is 190 g/mol. The smallest absolute Gasteiger partial charge is 0.231 e. The number of benzene rings is 1. The SMILES string of the molecule is CC1CCC1(N)c1ccc2c(c1)OCO2. The first-order chi connectivity index (χ1) is 7.20. The second-order valence-electron chi connectivity index (χ2n) is 4.55. The van der Waals surface area contributed by atoms with Crippen molar-refractivity contribution in [1.29, 1.82) is 0 Å². The van der Waals surface area contributed by atoms with Crippen molar-refractivity contribution in [2.24, 2.45) is 11.7 Å². The van der Waals surface area contributed by atoms with Gasteiger partial charge in [0.2, 0.25) is 6.79 Å². The molecule has 2 aliphatic rings. The van der Waals surface area contributed by atoms with Crippen molar-refractivity contribution >= 4 is 0 Å². The highest BCUT2D eigenvalue weighted by atomic mass is 16.7. The monoisotopic (exact) mass is 205 g/mol. The van der Waals surface area contributed by atoms with Crippen molar-refractivity contribution in [1.82, 2.24) is 0 Å². The number of ether oxygens (including phenoxy) is 2. The van der Waals surface area contributed by atoms with E-state index in [1.165, 1.54) is 12.0 Å². The van der Waals surface area contributed by atoms with Crippen LogP contribution in [0.25, 0.3) is 0 Å². The quantitative estimate of drug-likeness (QED) is 0.762. The lowest BCUT2D eigenvalue weighted by atomic mass is 9.64. The van der Waals surface area contributed by atoms with Gasteiger partial charge in [-0.05, 0) is 36.5 Å². The summed E-state index contributed by atoms with van der Waals surface area (Å²) < 4.78 is 10.6. The Kier molecular flexibility index (Phi) is 1.74. The standard InChI is InChI=1S/C12H15NO2/c1-8-4-5-12(8,13)9-2-3-10-11(6-9)15-7-14-10/h2-3,6,8H,4-5,7,13H2,1H3. The molecule has 1 aromatic rings. The number of hydrogen-bond acceptors (Lipinski definition) is 3. The maximum absolute atomic E-state index is 6.37. The zero-order chi connectivity index (χ0) is 10.5. The molecule has 3 rings (SSSR count). The minimum absolute atomic E-state index is 0.152. The lowest BCUT2D eigenvalue weighted by Gasteiger charge is -2.45. The number of nitrogens with two attached hydrogens (primary N) is 1. The molecule has 0 radical (unpaired) electrons. The van der Waals surface area contributed by atoms with Crippen molar-refractivity contribution in [3.8, 4) is 11.5 Å². The molecule has 1 aromatic carbocycles. The van der Waals surface area contributed by atoms with Crippen molar-refractivity contribution in [3.63, 3.8) is 0 Å². The van der Waals surface area contributed by atoms with E-state index >= 15 is 0 Å². The maximum atomic E-state index is 6.37. The highest BCUT2D eigenvalue weighted by Gasteiger charge is 2.42. The molecule has 0 saturated heterocycles. The van der Waals surface area contributed by atoms with Crippen molar-refractivity contribution in [2.75, 3.05) is 6.79 Å². The van der Waals surface area contributed by atoms with Gasteiger partial charge in [0.15, 0.2) is 11.5 Å². The van der Waals surface area contributed by atoms with Crippen LogP contribution in [-0.4, -0.2) is 6.79 Å². The van der Waals surface area contributed by atoms with Gasteiger partial charge in [0.05, 0.1) is 0 Å². The minimum Gasteiger partial charge on any atom is -0.454 e. The lowest BCUT2D eigenvalue weighted by molar-refractivity contribution is 0.144. The summed E-state index contributed by atoms with van der Waals surface area (Å²) in [6.45, 7) is 2.53. The van der Waals surface area contributed by atoms with Crippen LogP contribution in [0.4, 0.5) is 0 Å². The van der Waals surface area contributed by atoms with Gasteiger partial charge in [0.1, 0.15) is 0 Å². The molecule has 2 unspecified atom stereocenters. The Bertz CT molecular complexity index is 405. The van der Waals surface area contributed by atoms with Gasteiger partial charge < -0.3 is 15.2 Å². The van der Waals surface area contributed by atoms with Crippen molar-refractivity contribution < 1.29 is 9.47 Å². The fraction of sp³-hybridized carbons (Fsp3) is 0.500. The van der Waals surface area contributed by atoms with Crippen LogP contribution in [0.1, 0.15) is 25.3 Å². The Hall–Kier alpha value is -1.22. The number of hydrogen-bond donors (Lipinski definition) is 1. The first-order valence-corrected chi connectivity index (χ1v) is 5.39. The molecular formula is C12H15NO2. The van der Waals surface area contributed by atoms with Crippen LogP contribution in [-0.2, 0) is 5.54 Å². The average Bonchev–Trinajstić information content (AvgIpc) is 2.72. The molecule has 1 aliphatic heterocycles. The molecule has 80 valence electrons. The zero-order valence-corrected chi connectivity index (χ0v) is 8.82. The summed E-state index contributed by atoms with van der Waals surface area (Å²) in [5.74, 6) is 2.21. The average molecular weight is 205 g/mol. The lowest BCUT2D eigenvalue weighted by Crippen LogP contribution is -2.50. The second kappa shape index (κ2) is 2.89. The largest absolute Gasteiger partial charge is 0.454 e. The Morgan fingerprint density at radius 3 is 2.80 bits per heavy atom. The molecule has 1 heterocycles. The molecule has 0 aromatic heterocycles. The van der Waals surface area contributed by atoms with Crippen LogP contribution in [0.5, 0.6) is 11.5 Å². The predicted molar refractivity (Wildman–Crippen MR) is 56.8 cm³/mol. The first-order valence-electron chi connectivity index (χ1n) is 5.39. The molecule has 1 aliphatic carbocycles. The van der Waals surface area contributed by atoms with Gasteiger partial charge >= 0.3 is 0 Å². The Morgan fingerprint density at radius 1 is 1.33 bits per heavy atom. The van der Waals surface area contributed by atoms with E-state index in [-0.39, 0.29) is 5.54 Å². The van der Waals surface area contributed by atoms with Crippen molar-refractivity contribution in [3.05, 3.63) is 23.8 Å². The van der Waals surface area contributed by atoms with E-state index in [0.717, 1.165) is 17.9 Å². The van der Waals surface area contributed by atoms with Gasteiger partial charge in [-0.3, -0.25) is 0 Å². The van der Waals surface area contributed by atoms with E-state index in [1.807, 2.05) is 12.1 Å². The minimum atomic E-state index is -0.152. The first kappa shape index (κ1) is 9.04. The van der Waals surface area contributed by atoms with Gasteiger partial charge in [0.25, 0.3) is 0 Å². The normalized spacial score (nSPS) is 32.5. The van der Waals surface area contributed by atoms with Crippen LogP contribution in [0.2, 0.25) is 0 Å². The van der Waals surface area contributed by atoms with Gasteiger partial charge in [0, 0.05) is 5.54 Å². The third-order valence-corrected chi connectivity index (χ3v) is 3.78. The number of rotatable bonds is 1. The van der Waals surface area contributed by atoms with Crippen LogP contribution >= 0.6 is 0 Å². The molecule has 0 spiro atoms. The third-order valence-electron chi connectivity index (χ3n) is 3.78. The Morgan fingerprint density at radius 2 is 2.13 bits per heavy atom. The Labute approximate surface area is 89.2 Å². The van der Waals surface area contributed by atoms with E-state index in [4.69, 9.17) is 15.2 Å². The molecule has 1 fully saturated rings. The fourth-order valence-electron chi connectivity index (χ4n) is 2.36. The van der Waals surface area contributed by atoms with Crippen LogP contribution in [0.15, 0.2) is 18.2 Å². The zero-order valence-electron chi connectivity index (χ0n) is 8.82. The van der Waals surface area contributed by atoms with Gasteiger partial charge in [-0.1, -0.05) is 13.0 Å². The van der Waals surface area contributed by atoms with Gasteiger partial charge in [-0.2, -0.15) is 0 Å². The highest BCUT2D eigenvalue weighted by molar-refractivity contribution is 5.47. The van der Waals surface area contributed by atoms with Gasteiger partial charge in [-0.25, -0.2) is 0 Å². The van der Waals surface area contributed by atoms with Crippen molar-refractivity contribution in [2.45, 2.75) is 25.3 Å². The van der Waals surface area contributed by atoms with Crippen LogP contribution in [0, 0.1) is 5.92 Å². The summed E-state index contributed by atoms with van der Waals surface area (Å²) in [5.41, 5.74) is 7.39. The fourth-order valence-corrected chi connectivity index (χ4v) is 2.36. The van der Waals surface area contributed by atoms with E-state index in [2.05, 4.69) is 13.0 Å². The predicted octanol–water partition coefficient (Wildman–Crippen LogP) is 2.00. The second-order valence-corrected chi connectivity index (χ2v) is 4.55. The molecule has 3 nitrogen and oxygen atoms in total. The molecule has 0 bridgehead atoms. The van der Waals surface area contributed by atoms with E-state index in [1.54, 1.807) is 0 Å². The summed E-state index contributed by atoms with van der Waals surface area (Å²) in [6, 6.07) is 6.04. The van der Waals surface area contributed by atoms with Crippen LogP contribution < -0.4 is 15.2 Å². The summed E-state index contributed by atoms with van der Waals surface area (Å²) in [5, 5.41) is 0. The van der Waals surface area contributed by atoms with Gasteiger partial charge in [-0.15, -0.1) is 0 Å². The number of fused-ring (bicyclic) bond motifs is 1. The molecule has 1 saturated carbocycles. The molecule has 2 atom stereocenters. The summed E-state index contributed by atoms with van der Waals surface area (Å²) >= 11 is 0. The summed E-state index contributed by atoms with van der Waals surface area (Å²) in [4.78, 5) is 0. The maximum Gasteiger partial charge on any atom is 0.231 e. The molecule has 2 N–H and O–H groups in total. The van der Waals surface area contributed by atoms with E-state index in [0.29, 0.717) is 12.7 Å². The topological polar surface area (TPSA) is 44.5 Å². The van der Waals surface area contributed by atoms with E-state index in [9.17, 15) is 0 Å². The molecule has 0 amide bonds. The van der Waals surface area contributed by atoms with E-state index < -0.39 is 0 Å². The molecule has 15 heavy (non-hydrogen) atoms.